The Balaban J connectivity index is 1.46. The summed E-state index contributed by atoms with van der Waals surface area (Å²) in [5.41, 5.74) is 3.37. The summed E-state index contributed by atoms with van der Waals surface area (Å²) in [5.74, 6) is -0.234. The van der Waals surface area contributed by atoms with Gasteiger partial charge in [-0.2, -0.15) is 15.3 Å². The van der Waals surface area contributed by atoms with Gasteiger partial charge < -0.3 is 5.32 Å². The average Bonchev–Trinajstić information content (AvgIpc) is 3.41. The number of aryl methyl sites for hydroxylation is 3. The fourth-order valence-corrected chi connectivity index (χ4v) is 3.89. The zero-order chi connectivity index (χ0) is 21.3. The molecule has 0 radical (unpaired) electrons. The Morgan fingerprint density at radius 3 is 2.63 bits per heavy atom. The van der Waals surface area contributed by atoms with Crippen LogP contribution in [0.5, 0.6) is 0 Å². The number of hydrogen-bond acceptors (Lipinski definition) is 5. The summed E-state index contributed by atoms with van der Waals surface area (Å²) in [7, 11) is 0. The average molecular weight is 536 g/mol. The van der Waals surface area contributed by atoms with Gasteiger partial charge in [0, 0.05) is 44.3 Å². The van der Waals surface area contributed by atoms with Crippen LogP contribution in [-0.4, -0.2) is 46.6 Å². The van der Waals surface area contributed by atoms with Crippen LogP contribution < -0.4 is 5.32 Å². The molecule has 0 saturated heterocycles. The second-order valence-electron chi connectivity index (χ2n) is 6.75. The summed E-state index contributed by atoms with van der Waals surface area (Å²) in [5, 5.41) is 16.3. The van der Waals surface area contributed by atoms with E-state index < -0.39 is 0 Å². The first-order valence-electron chi connectivity index (χ1n) is 9.52. The van der Waals surface area contributed by atoms with E-state index in [-0.39, 0.29) is 5.91 Å². The molecule has 0 spiro atoms. The van der Waals surface area contributed by atoms with Crippen molar-refractivity contribution in [3.05, 3.63) is 51.1 Å². The van der Waals surface area contributed by atoms with E-state index in [1.165, 1.54) is 0 Å². The van der Waals surface area contributed by atoms with Crippen LogP contribution in [0.1, 0.15) is 29.5 Å². The molecule has 0 saturated carbocycles. The lowest BCUT2D eigenvalue weighted by molar-refractivity contribution is 0.0947. The quantitative estimate of drug-likeness (QED) is 0.366. The zero-order valence-corrected chi connectivity index (χ0v) is 19.7. The lowest BCUT2D eigenvalue weighted by Crippen LogP contribution is -2.25. The predicted octanol–water partition coefficient (Wildman–Crippen LogP) is 3.46. The molecule has 1 amide bonds. The van der Waals surface area contributed by atoms with Crippen molar-refractivity contribution in [1.29, 1.82) is 0 Å². The molecule has 9 nitrogen and oxygen atoms in total. The first-order chi connectivity index (χ1) is 14.5. The molecule has 156 valence electrons. The van der Waals surface area contributed by atoms with Gasteiger partial charge in [-0.15, -0.1) is 0 Å². The molecule has 0 bridgehead atoms. The van der Waals surface area contributed by atoms with E-state index in [0.717, 1.165) is 45.5 Å². The van der Waals surface area contributed by atoms with Gasteiger partial charge in [-0.1, -0.05) is 0 Å². The fraction of sp³-hybridized carbons (Fsp3) is 0.316. The summed E-state index contributed by atoms with van der Waals surface area (Å²) < 4.78 is 7.18. The van der Waals surface area contributed by atoms with Crippen LogP contribution in [0.25, 0.3) is 17.0 Å². The van der Waals surface area contributed by atoms with Crippen molar-refractivity contribution in [3.8, 4) is 11.4 Å². The van der Waals surface area contributed by atoms with Crippen molar-refractivity contribution in [2.24, 2.45) is 0 Å². The van der Waals surface area contributed by atoms with Crippen LogP contribution >= 0.6 is 31.9 Å². The highest BCUT2D eigenvalue weighted by molar-refractivity contribution is 9.10. The Bertz CT molecular complexity index is 1190. The Morgan fingerprint density at radius 2 is 1.93 bits per heavy atom. The van der Waals surface area contributed by atoms with Crippen molar-refractivity contribution < 1.29 is 4.79 Å². The number of nitrogens with zero attached hydrogens (tertiary/aromatic N) is 7. The molecule has 4 aromatic rings. The molecule has 0 atom stereocenters. The van der Waals surface area contributed by atoms with E-state index in [1.54, 1.807) is 16.8 Å². The van der Waals surface area contributed by atoms with Gasteiger partial charge in [0.25, 0.3) is 5.91 Å². The number of aromatic nitrogens is 7. The lowest BCUT2D eigenvalue weighted by atomic mass is 10.3. The highest BCUT2D eigenvalue weighted by Gasteiger charge is 2.17. The molecule has 0 aliphatic heterocycles. The van der Waals surface area contributed by atoms with E-state index in [1.807, 2.05) is 41.7 Å². The van der Waals surface area contributed by atoms with Crippen molar-refractivity contribution in [3.63, 3.8) is 0 Å². The van der Waals surface area contributed by atoms with Gasteiger partial charge in [0.2, 0.25) is 0 Å². The van der Waals surface area contributed by atoms with Gasteiger partial charge in [0.1, 0.15) is 5.69 Å². The minimum Gasteiger partial charge on any atom is -0.351 e. The van der Waals surface area contributed by atoms with Crippen molar-refractivity contribution in [2.45, 2.75) is 33.4 Å². The molecule has 4 rings (SSSR count). The lowest BCUT2D eigenvalue weighted by Gasteiger charge is -2.04. The monoisotopic (exact) mass is 534 g/mol. The van der Waals surface area contributed by atoms with Crippen LogP contribution in [0.2, 0.25) is 0 Å². The number of halogens is 2. The van der Waals surface area contributed by atoms with E-state index in [4.69, 9.17) is 0 Å². The largest absolute Gasteiger partial charge is 0.351 e. The maximum absolute atomic E-state index is 12.6. The molecule has 30 heavy (non-hydrogen) atoms. The molecule has 1 N–H and O–H groups in total. The smallest absolute Gasteiger partial charge is 0.271 e. The molecule has 0 unspecified atom stereocenters. The Labute approximate surface area is 189 Å². The summed E-state index contributed by atoms with van der Waals surface area (Å²) >= 11 is 7.00. The van der Waals surface area contributed by atoms with Crippen molar-refractivity contribution in [1.82, 2.24) is 39.5 Å². The molecular weight excluding hydrogens is 516 g/mol. The van der Waals surface area contributed by atoms with Gasteiger partial charge in [-0.05, 0) is 58.2 Å². The third-order valence-electron chi connectivity index (χ3n) is 4.61. The molecule has 4 aromatic heterocycles. The van der Waals surface area contributed by atoms with Crippen LogP contribution in [0.4, 0.5) is 0 Å². The molecule has 0 aliphatic carbocycles. The minimum atomic E-state index is -0.234. The van der Waals surface area contributed by atoms with Crippen molar-refractivity contribution >= 4 is 43.4 Å². The first kappa shape index (κ1) is 20.7. The Kier molecular flexibility index (Phi) is 6.00. The number of hydrogen-bond donors (Lipinski definition) is 1. The molecule has 11 heteroatoms. The maximum Gasteiger partial charge on any atom is 0.271 e. The fourth-order valence-electron chi connectivity index (χ4n) is 3.06. The standard InChI is InChI=1S/C19H20Br2N8O/c1-3-27-11-14(21)18(26-27)16-5-7-22-17-9-15(25-29(16)17)19(30)23-6-4-8-28-10-13(20)12(2)24-28/h5,7,9-11H,3-4,6,8H2,1-2H3,(H,23,30). The SMILES string of the molecule is CCn1cc(Br)c(-c2ccnc3cc(C(=O)NCCCn4cc(Br)c(C)n4)nn23)n1. The van der Waals surface area contributed by atoms with Crippen LogP contribution in [0.15, 0.2) is 39.7 Å². The first-order valence-corrected chi connectivity index (χ1v) is 11.1. The van der Waals surface area contributed by atoms with Gasteiger partial charge in [-0.3, -0.25) is 14.2 Å². The summed E-state index contributed by atoms with van der Waals surface area (Å²) in [6, 6.07) is 3.51. The molecule has 0 aliphatic rings. The van der Waals surface area contributed by atoms with Crippen molar-refractivity contribution in [2.75, 3.05) is 6.54 Å². The highest BCUT2D eigenvalue weighted by Crippen LogP contribution is 2.26. The zero-order valence-electron chi connectivity index (χ0n) is 16.5. The van der Waals surface area contributed by atoms with Gasteiger partial charge in [0.05, 0.1) is 20.3 Å². The molecular formula is C19H20Br2N8O. The number of rotatable bonds is 7. The summed E-state index contributed by atoms with van der Waals surface area (Å²) in [6.07, 6.45) is 6.30. The summed E-state index contributed by atoms with van der Waals surface area (Å²) in [4.78, 5) is 16.9. The predicted molar refractivity (Wildman–Crippen MR) is 119 cm³/mol. The van der Waals surface area contributed by atoms with Gasteiger partial charge in [-0.25, -0.2) is 9.50 Å². The number of carbonyl (C=O) groups is 1. The number of nitrogens with one attached hydrogen (secondary N) is 1. The van der Waals surface area contributed by atoms with Gasteiger partial charge >= 0.3 is 0 Å². The summed E-state index contributed by atoms with van der Waals surface area (Å²) in [6.45, 7) is 5.97. The molecule has 4 heterocycles. The minimum absolute atomic E-state index is 0.234. The normalized spacial score (nSPS) is 11.3. The number of fused-ring (bicyclic) bond motifs is 1. The van der Waals surface area contributed by atoms with Crippen LogP contribution in [0, 0.1) is 6.92 Å². The third-order valence-corrected chi connectivity index (χ3v) is 5.97. The Morgan fingerprint density at radius 1 is 1.13 bits per heavy atom. The highest BCUT2D eigenvalue weighted by atomic mass is 79.9. The second-order valence-corrected chi connectivity index (χ2v) is 8.45. The van der Waals surface area contributed by atoms with Crippen LogP contribution in [0.3, 0.4) is 0 Å². The van der Waals surface area contributed by atoms with E-state index in [0.29, 0.717) is 17.9 Å². The number of carbonyl (C=O) groups excluding carboxylic acids is 1. The topological polar surface area (TPSA) is 94.9 Å². The maximum atomic E-state index is 12.6. The molecule has 0 aromatic carbocycles. The molecule has 0 fully saturated rings. The second kappa shape index (κ2) is 8.68. The van der Waals surface area contributed by atoms with Crippen LogP contribution in [-0.2, 0) is 13.1 Å². The van der Waals surface area contributed by atoms with Gasteiger partial charge in [0.15, 0.2) is 11.3 Å². The van der Waals surface area contributed by atoms with E-state index >= 15 is 0 Å². The number of amides is 1. The van der Waals surface area contributed by atoms with E-state index in [9.17, 15) is 4.79 Å². The third kappa shape index (κ3) is 4.17. The van der Waals surface area contributed by atoms with E-state index in [2.05, 4.69) is 57.5 Å². The Hall–Kier alpha value is -2.53.